The molecule has 1 aliphatic carbocycles. The van der Waals surface area contributed by atoms with Crippen LogP contribution in [0.3, 0.4) is 0 Å². The van der Waals surface area contributed by atoms with Crippen LogP contribution in [0, 0.1) is 0 Å². The highest BCUT2D eigenvalue weighted by atomic mass is 32.2. The molecule has 1 unspecified atom stereocenters. The molecule has 0 heterocycles. The Morgan fingerprint density at radius 1 is 0.900 bits per heavy atom. The first-order valence-corrected chi connectivity index (χ1v) is 10.2. The summed E-state index contributed by atoms with van der Waals surface area (Å²) in [6.45, 7) is 2.27. The maximum absolute atomic E-state index is 10.0. The SMILES string of the molecule is CCCCCCCCCCC(O)CSC1CCCCC1. The van der Waals surface area contributed by atoms with E-state index in [9.17, 15) is 5.11 Å². The zero-order valence-electron chi connectivity index (χ0n) is 13.6. The summed E-state index contributed by atoms with van der Waals surface area (Å²) in [6, 6.07) is 0. The van der Waals surface area contributed by atoms with E-state index in [0.29, 0.717) is 0 Å². The third-order valence-electron chi connectivity index (χ3n) is 4.47. The zero-order chi connectivity index (χ0) is 14.5. The Balaban J connectivity index is 1.83. The summed E-state index contributed by atoms with van der Waals surface area (Å²) in [5.74, 6) is 0.973. The predicted molar refractivity (Wildman–Crippen MR) is 92.6 cm³/mol. The van der Waals surface area contributed by atoms with Crippen LogP contribution in [0.2, 0.25) is 0 Å². The molecule has 1 aliphatic rings. The van der Waals surface area contributed by atoms with Gasteiger partial charge in [0.05, 0.1) is 6.10 Å². The van der Waals surface area contributed by atoms with E-state index in [1.165, 1.54) is 83.5 Å². The summed E-state index contributed by atoms with van der Waals surface area (Å²) in [5.41, 5.74) is 0. The minimum atomic E-state index is -0.0537. The predicted octanol–water partition coefficient (Wildman–Crippen LogP) is 5.94. The van der Waals surface area contributed by atoms with Crippen molar-refractivity contribution in [2.45, 2.75) is 108 Å². The van der Waals surface area contributed by atoms with Gasteiger partial charge in [-0.05, 0) is 19.3 Å². The van der Waals surface area contributed by atoms with E-state index in [-0.39, 0.29) is 6.10 Å². The molecule has 0 amide bonds. The molecule has 0 aliphatic heterocycles. The molecule has 1 atom stereocenters. The van der Waals surface area contributed by atoms with E-state index in [0.717, 1.165) is 17.4 Å². The van der Waals surface area contributed by atoms with Crippen molar-refractivity contribution in [3.8, 4) is 0 Å². The van der Waals surface area contributed by atoms with E-state index < -0.39 is 0 Å². The quantitative estimate of drug-likeness (QED) is 0.450. The number of rotatable bonds is 12. The van der Waals surface area contributed by atoms with E-state index >= 15 is 0 Å². The standard InChI is InChI=1S/C18H36OS/c1-2-3-4-5-6-7-8-10-13-17(19)16-20-18-14-11-9-12-15-18/h17-19H,2-16H2,1H3. The Morgan fingerprint density at radius 2 is 1.50 bits per heavy atom. The lowest BCUT2D eigenvalue weighted by Crippen LogP contribution is -2.15. The highest BCUT2D eigenvalue weighted by molar-refractivity contribution is 7.99. The van der Waals surface area contributed by atoms with Crippen LogP contribution in [0.15, 0.2) is 0 Å². The minimum absolute atomic E-state index is 0.0537. The van der Waals surface area contributed by atoms with E-state index in [2.05, 4.69) is 6.92 Å². The first kappa shape index (κ1) is 18.4. The van der Waals surface area contributed by atoms with Crippen molar-refractivity contribution in [2.24, 2.45) is 0 Å². The van der Waals surface area contributed by atoms with Crippen LogP contribution >= 0.6 is 11.8 Å². The zero-order valence-corrected chi connectivity index (χ0v) is 14.4. The fraction of sp³-hybridized carbons (Fsp3) is 1.00. The molecule has 1 nitrogen and oxygen atoms in total. The summed E-state index contributed by atoms with van der Waals surface area (Å²) < 4.78 is 0. The lowest BCUT2D eigenvalue weighted by Gasteiger charge is -2.22. The van der Waals surface area contributed by atoms with Crippen LogP contribution in [0.5, 0.6) is 0 Å². The Bertz CT molecular complexity index is 202. The van der Waals surface area contributed by atoms with Gasteiger partial charge >= 0.3 is 0 Å². The van der Waals surface area contributed by atoms with Gasteiger partial charge in [-0.3, -0.25) is 0 Å². The van der Waals surface area contributed by atoms with Crippen molar-refractivity contribution in [1.29, 1.82) is 0 Å². The first-order valence-electron chi connectivity index (χ1n) is 9.12. The van der Waals surface area contributed by atoms with Crippen LogP contribution in [0.25, 0.3) is 0 Å². The molecule has 0 aromatic carbocycles. The first-order chi connectivity index (χ1) is 9.83. The molecule has 1 rings (SSSR count). The van der Waals surface area contributed by atoms with Crippen LogP contribution < -0.4 is 0 Å². The molecule has 0 radical (unpaired) electrons. The Morgan fingerprint density at radius 3 is 2.15 bits per heavy atom. The number of hydrogen-bond acceptors (Lipinski definition) is 2. The highest BCUT2D eigenvalue weighted by Gasteiger charge is 2.15. The van der Waals surface area contributed by atoms with Gasteiger partial charge in [0.25, 0.3) is 0 Å². The van der Waals surface area contributed by atoms with Crippen LogP contribution in [-0.2, 0) is 0 Å². The van der Waals surface area contributed by atoms with Gasteiger partial charge in [-0.25, -0.2) is 0 Å². The molecule has 20 heavy (non-hydrogen) atoms. The third kappa shape index (κ3) is 10.1. The van der Waals surface area contributed by atoms with Gasteiger partial charge in [-0.1, -0.05) is 77.6 Å². The van der Waals surface area contributed by atoms with Crippen molar-refractivity contribution < 1.29 is 5.11 Å². The maximum Gasteiger partial charge on any atom is 0.0630 e. The topological polar surface area (TPSA) is 20.2 Å². The van der Waals surface area contributed by atoms with Crippen molar-refractivity contribution in [1.82, 2.24) is 0 Å². The summed E-state index contributed by atoms with van der Waals surface area (Å²) in [6.07, 6.45) is 18.8. The van der Waals surface area contributed by atoms with Gasteiger partial charge in [0.15, 0.2) is 0 Å². The molecule has 120 valence electrons. The second-order valence-electron chi connectivity index (χ2n) is 6.51. The van der Waals surface area contributed by atoms with Gasteiger partial charge in [0.2, 0.25) is 0 Å². The van der Waals surface area contributed by atoms with Gasteiger partial charge in [-0.2, -0.15) is 11.8 Å². The lowest BCUT2D eigenvalue weighted by molar-refractivity contribution is 0.184. The number of hydrogen-bond donors (Lipinski definition) is 1. The summed E-state index contributed by atoms with van der Waals surface area (Å²) in [4.78, 5) is 0. The number of aliphatic hydroxyl groups is 1. The second kappa shape index (κ2) is 13.0. The van der Waals surface area contributed by atoms with Crippen molar-refractivity contribution in [3.05, 3.63) is 0 Å². The van der Waals surface area contributed by atoms with Crippen LogP contribution in [-0.4, -0.2) is 22.2 Å². The number of thioether (sulfide) groups is 1. The Kier molecular flexibility index (Phi) is 11.9. The lowest BCUT2D eigenvalue weighted by atomic mass is 10.0. The van der Waals surface area contributed by atoms with Crippen LogP contribution in [0.1, 0.15) is 96.8 Å². The number of unbranched alkanes of at least 4 members (excludes halogenated alkanes) is 7. The van der Waals surface area contributed by atoms with Gasteiger partial charge < -0.3 is 5.11 Å². The summed E-state index contributed by atoms with van der Waals surface area (Å²) in [5, 5.41) is 10.9. The fourth-order valence-electron chi connectivity index (χ4n) is 3.08. The highest BCUT2D eigenvalue weighted by Crippen LogP contribution is 2.29. The molecule has 1 N–H and O–H groups in total. The molecule has 0 aromatic heterocycles. The molecular weight excluding hydrogens is 264 g/mol. The normalized spacial score (nSPS) is 18.3. The second-order valence-corrected chi connectivity index (χ2v) is 7.84. The van der Waals surface area contributed by atoms with Gasteiger partial charge in [-0.15, -0.1) is 0 Å². The molecule has 1 saturated carbocycles. The smallest absolute Gasteiger partial charge is 0.0630 e. The van der Waals surface area contributed by atoms with Gasteiger partial charge in [0.1, 0.15) is 0 Å². The van der Waals surface area contributed by atoms with E-state index in [1.54, 1.807) is 0 Å². The largest absolute Gasteiger partial charge is 0.392 e. The summed E-state index contributed by atoms with van der Waals surface area (Å²) >= 11 is 2.03. The summed E-state index contributed by atoms with van der Waals surface area (Å²) in [7, 11) is 0. The van der Waals surface area contributed by atoms with Crippen molar-refractivity contribution in [3.63, 3.8) is 0 Å². The van der Waals surface area contributed by atoms with Crippen LogP contribution in [0.4, 0.5) is 0 Å². The third-order valence-corrected chi connectivity index (χ3v) is 5.99. The molecule has 0 spiro atoms. The monoisotopic (exact) mass is 300 g/mol. The van der Waals surface area contributed by atoms with Crippen molar-refractivity contribution in [2.75, 3.05) is 5.75 Å². The molecule has 1 fully saturated rings. The molecule has 0 bridgehead atoms. The molecule has 0 aromatic rings. The average Bonchev–Trinajstić information content (AvgIpc) is 2.49. The maximum atomic E-state index is 10.0. The molecule has 0 saturated heterocycles. The fourth-order valence-corrected chi connectivity index (χ4v) is 4.40. The average molecular weight is 301 g/mol. The molecular formula is C18H36OS. The van der Waals surface area contributed by atoms with Crippen molar-refractivity contribution >= 4 is 11.8 Å². The Labute approximate surface area is 131 Å². The van der Waals surface area contributed by atoms with Gasteiger partial charge in [0, 0.05) is 11.0 Å². The molecule has 2 heteroatoms. The number of aliphatic hydroxyl groups excluding tert-OH is 1. The van der Waals surface area contributed by atoms with E-state index in [1.807, 2.05) is 11.8 Å². The Hall–Kier alpha value is 0.310. The minimum Gasteiger partial charge on any atom is -0.392 e. The van der Waals surface area contributed by atoms with E-state index in [4.69, 9.17) is 0 Å².